The Morgan fingerprint density at radius 1 is 1.08 bits per heavy atom. The van der Waals surface area contributed by atoms with Gasteiger partial charge in [0, 0.05) is 5.69 Å². The number of amides is 4. The molecule has 0 saturated carbocycles. The highest BCUT2D eigenvalue weighted by Crippen LogP contribution is 2.29. The molecule has 39 heavy (non-hydrogen) atoms. The first-order chi connectivity index (χ1) is 18.3. The number of nitrogens with one attached hydrogen (secondary N) is 2. The van der Waals surface area contributed by atoms with Gasteiger partial charge in [-0.15, -0.1) is 0 Å². The third-order valence-electron chi connectivity index (χ3n) is 5.78. The quantitative estimate of drug-likeness (QED) is 0.392. The van der Waals surface area contributed by atoms with E-state index in [0.717, 1.165) is 16.0 Å². The third-order valence-corrected chi connectivity index (χ3v) is 5.78. The average Bonchev–Trinajstić information content (AvgIpc) is 2.84. The van der Waals surface area contributed by atoms with Gasteiger partial charge in [-0.3, -0.25) is 14.4 Å². The molecular formula is C28H35N5O6. The summed E-state index contributed by atoms with van der Waals surface area (Å²) in [5.74, 6) is -1.74. The van der Waals surface area contributed by atoms with Crippen LogP contribution in [0.15, 0.2) is 42.5 Å². The summed E-state index contributed by atoms with van der Waals surface area (Å²) in [5.41, 5.74) is 6.99. The third kappa shape index (κ3) is 8.74. The van der Waals surface area contributed by atoms with Crippen molar-refractivity contribution in [1.29, 1.82) is 5.26 Å². The number of aryl methyl sites for hydroxylation is 1. The Balaban J connectivity index is 2.56. The number of nitrogens with zero attached hydrogens (tertiary/aromatic N) is 2. The van der Waals surface area contributed by atoms with Crippen LogP contribution in [0, 0.1) is 25.2 Å². The van der Waals surface area contributed by atoms with E-state index in [1.807, 2.05) is 19.1 Å². The van der Waals surface area contributed by atoms with Crippen LogP contribution < -0.4 is 21.1 Å². The van der Waals surface area contributed by atoms with Crippen LogP contribution in [0.2, 0.25) is 0 Å². The van der Waals surface area contributed by atoms with Gasteiger partial charge in [0.25, 0.3) is 5.91 Å². The number of nitriles is 1. The number of methoxy groups -OCH3 is 1. The molecule has 0 aliphatic heterocycles. The zero-order valence-electron chi connectivity index (χ0n) is 23.0. The summed E-state index contributed by atoms with van der Waals surface area (Å²) in [7, 11) is 1.52. The maximum absolute atomic E-state index is 13.8. The van der Waals surface area contributed by atoms with Crippen molar-refractivity contribution in [3.8, 4) is 11.8 Å². The van der Waals surface area contributed by atoms with E-state index in [2.05, 4.69) is 10.6 Å². The lowest BCUT2D eigenvalue weighted by atomic mass is 9.94. The van der Waals surface area contributed by atoms with Crippen molar-refractivity contribution in [1.82, 2.24) is 10.2 Å². The Hall–Kier alpha value is -4.59. The fourth-order valence-corrected chi connectivity index (χ4v) is 3.83. The number of primary amides is 1. The van der Waals surface area contributed by atoms with Crippen molar-refractivity contribution < 1.29 is 28.7 Å². The molecule has 208 valence electrons. The molecule has 11 nitrogen and oxygen atoms in total. The number of carbonyl (C=O) groups is 4. The van der Waals surface area contributed by atoms with E-state index < -0.39 is 54.5 Å². The van der Waals surface area contributed by atoms with Gasteiger partial charge in [0.1, 0.15) is 30.0 Å². The van der Waals surface area contributed by atoms with Crippen LogP contribution in [0.25, 0.3) is 0 Å². The summed E-state index contributed by atoms with van der Waals surface area (Å²) in [5, 5.41) is 14.8. The number of ether oxygens (including phenoxy) is 2. The molecule has 2 rings (SSSR count). The first kappa shape index (κ1) is 30.6. The van der Waals surface area contributed by atoms with Crippen LogP contribution in [0.1, 0.15) is 49.9 Å². The van der Waals surface area contributed by atoms with Gasteiger partial charge in [0.15, 0.2) is 0 Å². The lowest BCUT2D eigenvalue weighted by molar-refractivity contribution is -0.141. The van der Waals surface area contributed by atoms with Crippen LogP contribution >= 0.6 is 0 Å². The largest absolute Gasteiger partial charge is 0.497 e. The second-order valence-electron chi connectivity index (χ2n) is 9.90. The van der Waals surface area contributed by atoms with Crippen molar-refractivity contribution in [2.24, 2.45) is 5.73 Å². The normalized spacial score (nSPS) is 12.3. The Kier molecular flexibility index (Phi) is 10.4. The molecule has 4 amide bonds. The van der Waals surface area contributed by atoms with E-state index in [1.54, 1.807) is 64.1 Å². The Morgan fingerprint density at radius 2 is 1.72 bits per heavy atom. The van der Waals surface area contributed by atoms with E-state index in [-0.39, 0.29) is 0 Å². The van der Waals surface area contributed by atoms with E-state index >= 15 is 0 Å². The fraction of sp³-hybridized carbons (Fsp3) is 0.393. The molecule has 0 aliphatic rings. The number of benzene rings is 2. The van der Waals surface area contributed by atoms with Gasteiger partial charge in [-0.2, -0.15) is 5.26 Å². The molecule has 0 bridgehead atoms. The second-order valence-corrected chi connectivity index (χ2v) is 9.90. The van der Waals surface area contributed by atoms with Crippen molar-refractivity contribution in [3.63, 3.8) is 0 Å². The molecule has 0 radical (unpaired) electrons. The smallest absolute Gasteiger partial charge is 0.408 e. The number of anilines is 1. The molecular weight excluding hydrogens is 502 g/mol. The lowest BCUT2D eigenvalue weighted by Crippen LogP contribution is -2.53. The number of hydrogen-bond acceptors (Lipinski definition) is 7. The summed E-state index contributed by atoms with van der Waals surface area (Å²) in [6.45, 7) is 8.05. The molecule has 2 atom stereocenters. The van der Waals surface area contributed by atoms with E-state index in [9.17, 15) is 24.4 Å². The Labute approximate surface area is 228 Å². The molecule has 0 saturated heterocycles. The van der Waals surface area contributed by atoms with Crippen LogP contribution in [0.5, 0.6) is 5.75 Å². The van der Waals surface area contributed by atoms with Crippen molar-refractivity contribution in [2.75, 3.05) is 19.0 Å². The van der Waals surface area contributed by atoms with Crippen LogP contribution in [0.4, 0.5) is 10.5 Å². The van der Waals surface area contributed by atoms with Gasteiger partial charge in [-0.25, -0.2) is 4.79 Å². The zero-order valence-corrected chi connectivity index (χ0v) is 23.0. The maximum atomic E-state index is 13.8. The minimum Gasteiger partial charge on any atom is -0.497 e. The van der Waals surface area contributed by atoms with Crippen molar-refractivity contribution >= 4 is 29.5 Å². The number of carbonyl (C=O) groups excluding carboxylic acids is 4. The molecule has 11 heteroatoms. The van der Waals surface area contributed by atoms with Gasteiger partial charge in [0.05, 0.1) is 19.6 Å². The van der Waals surface area contributed by atoms with E-state index in [1.165, 1.54) is 7.11 Å². The molecule has 2 unspecified atom stereocenters. The summed E-state index contributed by atoms with van der Waals surface area (Å²) >= 11 is 0. The summed E-state index contributed by atoms with van der Waals surface area (Å²) in [6.07, 6.45) is -1.52. The molecule has 0 heterocycles. The SMILES string of the molecule is COc1ccc(NC(=O)C(c2cccc(C)c2C)N(CC#N)C(=O)C(CC(N)=O)NC(=O)OC(C)(C)C)cc1. The van der Waals surface area contributed by atoms with Crippen LogP contribution in [-0.4, -0.2) is 54.0 Å². The topological polar surface area (TPSA) is 164 Å². The molecule has 0 spiro atoms. The predicted molar refractivity (Wildman–Crippen MR) is 145 cm³/mol. The summed E-state index contributed by atoms with van der Waals surface area (Å²) < 4.78 is 10.4. The molecule has 2 aromatic rings. The van der Waals surface area contributed by atoms with Crippen LogP contribution in [0.3, 0.4) is 0 Å². The number of alkyl carbamates (subject to hydrolysis) is 1. The summed E-state index contributed by atoms with van der Waals surface area (Å²) in [6, 6.07) is 11.0. The molecule has 0 aliphatic carbocycles. The Morgan fingerprint density at radius 3 is 2.26 bits per heavy atom. The lowest BCUT2D eigenvalue weighted by Gasteiger charge is -2.33. The highest BCUT2D eigenvalue weighted by Gasteiger charge is 2.37. The molecule has 4 N–H and O–H groups in total. The summed E-state index contributed by atoms with van der Waals surface area (Å²) in [4.78, 5) is 52.9. The van der Waals surface area contributed by atoms with Gasteiger partial charge >= 0.3 is 6.09 Å². The minimum absolute atomic E-state index is 0.432. The minimum atomic E-state index is -1.48. The first-order valence-electron chi connectivity index (χ1n) is 12.2. The standard InChI is InChI=1S/C28H35N5O6/c1-17-8-7-9-21(18(17)2)24(25(35)31-19-10-12-20(38-6)13-11-19)33(15-14-29)26(36)22(16-23(30)34)32-27(37)39-28(3,4)5/h7-13,22,24H,15-16H2,1-6H3,(H2,30,34)(H,31,35)(H,32,37). The van der Waals surface area contributed by atoms with E-state index in [0.29, 0.717) is 17.0 Å². The van der Waals surface area contributed by atoms with Gasteiger partial charge in [-0.05, 0) is 75.6 Å². The maximum Gasteiger partial charge on any atom is 0.408 e. The monoisotopic (exact) mass is 537 g/mol. The molecule has 0 fully saturated rings. The molecule has 2 aromatic carbocycles. The Bertz CT molecular complexity index is 1250. The molecule has 0 aromatic heterocycles. The van der Waals surface area contributed by atoms with E-state index in [4.69, 9.17) is 15.2 Å². The van der Waals surface area contributed by atoms with Gasteiger partial charge < -0.3 is 30.7 Å². The van der Waals surface area contributed by atoms with Crippen molar-refractivity contribution in [2.45, 2.75) is 58.7 Å². The van der Waals surface area contributed by atoms with Crippen molar-refractivity contribution in [3.05, 3.63) is 59.2 Å². The predicted octanol–water partition coefficient (Wildman–Crippen LogP) is 3.11. The highest BCUT2D eigenvalue weighted by molar-refractivity contribution is 6.00. The first-order valence-corrected chi connectivity index (χ1v) is 12.2. The fourth-order valence-electron chi connectivity index (χ4n) is 3.83. The number of hydrogen-bond donors (Lipinski definition) is 3. The van der Waals surface area contributed by atoms with Gasteiger partial charge in [-0.1, -0.05) is 18.2 Å². The number of rotatable bonds is 10. The van der Waals surface area contributed by atoms with Crippen LogP contribution in [-0.2, 0) is 19.1 Å². The highest BCUT2D eigenvalue weighted by atomic mass is 16.6. The average molecular weight is 538 g/mol. The van der Waals surface area contributed by atoms with Gasteiger partial charge in [0.2, 0.25) is 11.8 Å². The second kappa shape index (κ2) is 13.3. The zero-order chi connectivity index (χ0) is 29.3. The number of nitrogens with two attached hydrogens (primary N) is 1.